The van der Waals surface area contributed by atoms with Gasteiger partial charge in [0.25, 0.3) is 0 Å². The monoisotopic (exact) mass is 359 g/mol. The molecule has 0 bridgehead atoms. The Morgan fingerprint density at radius 3 is 2.50 bits per heavy atom. The number of H-pyrrole nitrogens is 1. The maximum atomic E-state index is 13.0. The van der Waals surface area contributed by atoms with Crippen LogP contribution in [0.25, 0.3) is 10.9 Å². The van der Waals surface area contributed by atoms with Crippen LogP contribution in [0.2, 0.25) is 0 Å². The second kappa shape index (κ2) is 6.20. The van der Waals surface area contributed by atoms with Crippen molar-refractivity contribution >= 4 is 22.0 Å². The lowest BCUT2D eigenvalue weighted by atomic mass is 9.96. The molecular weight excluding hydrogens is 345 g/mol. The molecule has 130 valence electrons. The van der Waals surface area contributed by atoms with Crippen LogP contribution in [-0.2, 0) is 22.9 Å². The van der Waals surface area contributed by atoms with Gasteiger partial charge in [0.05, 0.1) is 22.4 Å². The number of rotatable bonds is 4. The van der Waals surface area contributed by atoms with Crippen LogP contribution in [0.3, 0.4) is 0 Å². The average Bonchev–Trinajstić information content (AvgIpc) is 2.88. The standard InChI is InChI=1S/C15H15F3N2O3S/c1-3-13(24(22)23)14(2,21)12-5-8-4-9(7-19)10(15(16,17)18)6-11(8)20-12/h4-6,13,20-21H,3H2,1-2H3,(H,22,23)/p-1. The number of aromatic nitrogens is 1. The molecule has 5 nitrogen and oxygen atoms in total. The Morgan fingerprint density at radius 1 is 1.42 bits per heavy atom. The van der Waals surface area contributed by atoms with E-state index in [-0.39, 0.29) is 23.0 Å². The van der Waals surface area contributed by atoms with Crippen molar-refractivity contribution in [3.8, 4) is 6.07 Å². The number of benzene rings is 1. The first kappa shape index (κ1) is 18.4. The second-order valence-corrected chi connectivity index (χ2v) is 6.67. The summed E-state index contributed by atoms with van der Waals surface area (Å²) in [5, 5.41) is 18.6. The topological polar surface area (TPSA) is 99.9 Å². The van der Waals surface area contributed by atoms with E-state index < -0.39 is 39.2 Å². The molecule has 3 atom stereocenters. The molecule has 24 heavy (non-hydrogen) atoms. The van der Waals surface area contributed by atoms with E-state index in [2.05, 4.69) is 4.98 Å². The lowest BCUT2D eigenvalue weighted by molar-refractivity contribution is -0.137. The van der Waals surface area contributed by atoms with Crippen molar-refractivity contribution in [2.45, 2.75) is 37.3 Å². The first-order chi connectivity index (χ1) is 11.0. The number of nitrogens with one attached hydrogen (secondary N) is 1. The molecule has 0 saturated carbocycles. The number of halogens is 3. The maximum Gasteiger partial charge on any atom is 0.417 e. The molecule has 3 unspecified atom stereocenters. The Bertz CT molecular complexity index is 837. The molecule has 0 aliphatic heterocycles. The van der Waals surface area contributed by atoms with Crippen molar-refractivity contribution < 1.29 is 27.0 Å². The summed E-state index contributed by atoms with van der Waals surface area (Å²) in [4.78, 5) is 2.64. The summed E-state index contributed by atoms with van der Waals surface area (Å²) in [6.07, 6.45) is -4.58. The Balaban J connectivity index is 2.64. The molecule has 1 heterocycles. The van der Waals surface area contributed by atoms with E-state index in [1.165, 1.54) is 19.1 Å². The van der Waals surface area contributed by atoms with E-state index in [1.54, 1.807) is 6.92 Å². The molecule has 1 aromatic carbocycles. The minimum absolute atomic E-state index is 0.0585. The quantitative estimate of drug-likeness (QED) is 0.820. The Hall–Kier alpha value is -1.89. The summed E-state index contributed by atoms with van der Waals surface area (Å²) in [5.74, 6) is 0. The molecule has 0 amide bonds. The van der Waals surface area contributed by atoms with Crippen LogP contribution in [0.4, 0.5) is 13.2 Å². The summed E-state index contributed by atoms with van der Waals surface area (Å²) in [7, 11) is 0. The van der Waals surface area contributed by atoms with Crippen LogP contribution in [-0.4, -0.2) is 24.1 Å². The van der Waals surface area contributed by atoms with Crippen molar-refractivity contribution in [3.05, 3.63) is 35.0 Å². The van der Waals surface area contributed by atoms with Gasteiger partial charge in [0.15, 0.2) is 0 Å². The zero-order valence-electron chi connectivity index (χ0n) is 12.8. The number of fused-ring (bicyclic) bond motifs is 1. The smallest absolute Gasteiger partial charge is 0.417 e. The second-order valence-electron chi connectivity index (χ2n) is 5.58. The largest absolute Gasteiger partial charge is 0.772 e. The number of alkyl halides is 3. The van der Waals surface area contributed by atoms with Gasteiger partial charge in [-0.1, -0.05) is 6.92 Å². The number of hydrogen-bond donors (Lipinski definition) is 2. The average molecular weight is 359 g/mol. The number of nitrogens with zero attached hydrogens (tertiary/aromatic N) is 1. The fourth-order valence-corrected chi connectivity index (χ4v) is 3.45. The van der Waals surface area contributed by atoms with Crippen LogP contribution in [0.15, 0.2) is 18.2 Å². The molecule has 1 aromatic heterocycles. The molecule has 9 heteroatoms. The minimum Gasteiger partial charge on any atom is -0.772 e. The van der Waals surface area contributed by atoms with Crippen molar-refractivity contribution in [2.75, 3.05) is 0 Å². The molecule has 0 spiro atoms. The number of nitriles is 1. The lowest BCUT2D eigenvalue weighted by Gasteiger charge is -2.33. The van der Waals surface area contributed by atoms with E-state index in [4.69, 9.17) is 5.26 Å². The maximum absolute atomic E-state index is 13.0. The SMILES string of the molecule is CCC(S(=O)[O-])C(C)(O)c1cc2cc(C#N)c(C(F)(F)F)cc2[nH]1. The Labute approximate surface area is 138 Å². The van der Waals surface area contributed by atoms with E-state index in [1.807, 2.05) is 0 Å². The zero-order chi connectivity index (χ0) is 18.3. The predicted molar refractivity (Wildman–Crippen MR) is 80.6 cm³/mol. The van der Waals surface area contributed by atoms with Gasteiger partial charge in [-0.2, -0.15) is 18.4 Å². The third kappa shape index (κ3) is 3.17. The number of hydrogen-bond acceptors (Lipinski definition) is 4. The van der Waals surface area contributed by atoms with E-state index in [9.17, 15) is 27.0 Å². The van der Waals surface area contributed by atoms with Crippen molar-refractivity contribution in [3.63, 3.8) is 0 Å². The molecule has 2 aromatic rings. The fourth-order valence-electron chi connectivity index (χ4n) is 2.67. The van der Waals surface area contributed by atoms with E-state index >= 15 is 0 Å². The number of aliphatic hydroxyl groups is 1. The summed E-state index contributed by atoms with van der Waals surface area (Å²) in [6.45, 7) is 2.85. The van der Waals surface area contributed by atoms with Crippen LogP contribution in [0.1, 0.15) is 37.1 Å². The Morgan fingerprint density at radius 2 is 2.04 bits per heavy atom. The Kier molecular flexibility index (Phi) is 4.77. The van der Waals surface area contributed by atoms with Crippen LogP contribution in [0, 0.1) is 11.3 Å². The van der Waals surface area contributed by atoms with Gasteiger partial charge in [0.2, 0.25) is 0 Å². The van der Waals surface area contributed by atoms with Gasteiger partial charge >= 0.3 is 6.18 Å². The molecule has 0 aliphatic rings. The van der Waals surface area contributed by atoms with Crippen LogP contribution >= 0.6 is 0 Å². The molecule has 2 N–H and O–H groups in total. The molecule has 0 aliphatic carbocycles. The van der Waals surface area contributed by atoms with Gasteiger partial charge in [-0.25, -0.2) is 0 Å². The first-order valence-electron chi connectivity index (χ1n) is 6.97. The number of aromatic amines is 1. The summed E-state index contributed by atoms with van der Waals surface area (Å²) < 4.78 is 61.6. The van der Waals surface area contributed by atoms with Gasteiger partial charge in [-0.3, -0.25) is 4.21 Å². The van der Waals surface area contributed by atoms with Crippen molar-refractivity contribution in [2.24, 2.45) is 0 Å². The summed E-state index contributed by atoms with van der Waals surface area (Å²) in [6, 6.07) is 4.69. The fraction of sp³-hybridized carbons (Fsp3) is 0.400. The van der Waals surface area contributed by atoms with Crippen LogP contribution in [0.5, 0.6) is 0 Å². The molecule has 0 radical (unpaired) electrons. The van der Waals surface area contributed by atoms with Gasteiger partial charge in [0.1, 0.15) is 5.60 Å². The highest BCUT2D eigenvalue weighted by molar-refractivity contribution is 7.79. The van der Waals surface area contributed by atoms with Gasteiger partial charge < -0.3 is 14.6 Å². The summed E-state index contributed by atoms with van der Waals surface area (Å²) >= 11 is -2.57. The van der Waals surface area contributed by atoms with Crippen molar-refractivity contribution in [1.29, 1.82) is 5.26 Å². The molecule has 2 rings (SSSR count). The highest BCUT2D eigenvalue weighted by Crippen LogP contribution is 2.36. The normalized spacial score (nSPS) is 17.2. The first-order valence-corrected chi connectivity index (χ1v) is 8.11. The van der Waals surface area contributed by atoms with Gasteiger partial charge in [-0.15, -0.1) is 0 Å². The third-order valence-electron chi connectivity index (χ3n) is 3.96. The van der Waals surface area contributed by atoms with Crippen molar-refractivity contribution in [1.82, 2.24) is 4.98 Å². The van der Waals surface area contributed by atoms with E-state index in [0.29, 0.717) is 0 Å². The zero-order valence-corrected chi connectivity index (χ0v) is 13.6. The summed E-state index contributed by atoms with van der Waals surface area (Å²) in [5.41, 5.74) is -3.32. The van der Waals surface area contributed by atoms with Crippen LogP contribution < -0.4 is 0 Å². The van der Waals surface area contributed by atoms with Gasteiger partial charge in [0, 0.05) is 16.6 Å². The molecule has 0 saturated heterocycles. The third-order valence-corrected chi connectivity index (χ3v) is 5.22. The lowest BCUT2D eigenvalue weighted by Crippen LogP contribution is -2.39. The molecule has 0 fully saturated rings. The highest BCUT2D eigenvalue weighted by atomic mass is 32.2. The molecular formula is C15H14F3N2O3S-. The predicted octanol–water partition coefficient (Wildman–Crippen LogP) is 2.92. The van der Waals surface area contributed by atoms with Gasteiger partial charge in [-0.05, 0) is 42.6 Å². The minimum atomic E-state index is -4.70. The van der Waals surface area contributed by atoms with E-state index in [0.717, 1.165) is 12.1 Å². The highest BCUT2D eigenvalue weighted by Gasteiger charge is 2.37.